The third-order valence-corrected chi connectivity index (χ3v) is 4.97. The third kappa shape index (κ3) is 24.9. The number of hydrogen-bond donors (Lipinski definition) is 3. The molecule has 0 aliphatic heterocycles. The highest BCUT2D eigenvalue weighted by Gasteiger charge is 2.21. The fraction of sp³-hybridized carbons (Fsp3) is 0.600. The van der Waals surface area contributed by atoms with Crippen molar-refractivity contribution in [2.45, 2.75) is 83.8 Å². The molecule has 10 heteroatoms. The molecule has 2 atom stereocenters. The van der Waals surface area contributed by atoms with Crippen molar-refractivity contribution >= 4 is 19.8 Å². The summed E-state index contributed by atoms with van der Waals surface area (Å²) >= 11 is 0. The normalized spacial score (nSPS) is 14.3. The van der Waals surface area contributed by atoms with E-state index < -0.39 is 38.6 Å². The van der Waals surface area contributed by atoms with Crippen molar-refractivity contribution in [3.8, 4) is 0 Å². The molecule has 0 spiro atoms. The zero-order valence-electron chi connectivity index (χ0n) is 20.8. The van der Waals surface area contributed by atoms with Crippen LogP contribution in [-0.2, 0) is 28.2 Å². The van der Waals surface area contributed by atoms with Crippen LogP contribution >= 0.6 is 7.82 Å². The minimum absolute atomic E-state index is 0.151. The molecule has 3 N–H and O–H groups in total. The van der Waals surface area contributed by atoms with Crippen LogP contribution in [0.1, 0.15) is 71.6 Å². The first-order valence-corrected chi connectivity index (χ1v) is 13.5. The van der Waals surface area contributed by atoms with Crippen LogP contribution in [0.25, 0.3) is 0 Å². The first kappa shape index (κ1) is 33.0. The Morgan fingerprint density at radius 2 is 1.66 bits per heavy atom. The van der Waals surface area contributed by atoms with Crippen LogP contribution in [0.3, 0.4) is 0 Å². The molecule has 35 heavy (non-hydrogen) atoms. The number of esters is 2. The van der Waals surface area contributed by atoms with Crippen molar-refractivity contribution in [2.75, 3.05) is 13.2 Å². The standard InChI is InChI=1S/C25H41O9P/c1-3-4-5-6-8-11-14-17-23(27)18-15-12-9-7-10-13-16-19-25(28)32-20-24(34-22(2)26)21-33-35(29,30)31/h7-8,10-12,14-15,17,23-24,27H,3-6,9,13,16,18-21H2,1-2H3,(H2,29,30,31)/b10-7+,11-8-,15-12-,17-14-/t23-,24-/m1/s1. The Balaban J connectivity index is 3.95. The minimum atomic E-state index is -4.72. The molecule has 0 amide bonds. The lowest BCUT2D eigenvalue weighted by Crippen LogP contribution is -2.28. The number of phosphoric acid groups is 1. The smallest absolute Gasteiger partial charge is 0.462 e. The Kier molecular flexibility index (Phi) is 20.0. The van der Waals surface area contributed by atoms with Crippen LogP contribution in [0.4, 0.5) is 0 Å². The summed E-state index contributed by atoms with van der Waals surface area (Å²) in [5.41, 5.74) is 0. The number of aliphatic hydroxyl groups excluding tert-OH is 1. The summed E-state index contributed by atoms with van der Waals surface area (Å²) < 4.78 is 24.9. The monoisotopic (exact) mass is 516 g/mol. The van der Waals surface area contributed by atoms with Crippen LogP contribution in [0.15, 0.2) is 48.6 Å². The van der Waals surface area contributed by atoms with Crippen molar-refractivity contribution < 1.29 is 43.0 Å². The van der Waals surface area contributed by atoms with E-state index in [1.165, 1.54) is 19.3 Å². The molecule has 200 valence electrons. The molecule has 0 heterocycles. The second kappa shape index (κ2) is 21.3. The van der Waals surface area contributed by atoms with E-state index in [2.05, 4.69) is 17.5 Å². The Hall–Kier alpha value is -2.03. The van der Waals surface area contributed by atoms with Gasteiger partial charge in [-0.2, -0.15) is 0 Å². The van der Waals surface area contributed by atoms with Crippen LogP contribution in [0.2, 0.25) is 0 Å². The van der Waals surface area contributed by atoms with Crippen molar-refractivity contribution in [1.29, 1.82) is 0 Å². The summed E-state index contributed by atoms with van der Waals surface area (Å²) in [7, 11) is -4.72. The number of ether oxygens (including phenoxy) is 2. The van der Waals surface area contributed by atoms with E-state index in [-0.39, 0.29) is 13.0 Å². The molecule has 0 aliphatic carbocycles. The van der Waals surface area contributed by atoms with E-state index in [1.807, 2.05) is 36.5 Å². The first-order chi connectivity index (χ1) is 16.6. The van der Waals surface area contributed by atoms with Crippen LogP contribution < -0.4 is 0 Å². The van der Waals surface area contributed by atoms with Crippen molar-refractivity contribution in [1.82, 2.24) is 0 Å². The molecule has 0 aromatic rings. The molecule has 0 rings (SSSR count). The van der Waals surface area contributed by atoms with E-state index >= 15 is 0 Å². The molecule has 0 aromatic carbocycles. The van der Waals surface area contributed by atoms with Gasteiger partial charge in [-0.05, 0) is 38.5 Å². The molecule has 0 aliphatic rings. The fourth-order valence-electron chi connectivity index (χ4n) is 2.74. The first-order valence-electron chi connectivity index (χ1n) is 12.0. The highest BCUT2D eigenvalue weighted by molar-refractivity contribution is 7.46. The van der Waals surface area contributed by atoms with Crippen molar-refractivity contribution in [2.24, 2.45) is 0 Å². The van der Waals surface area contributed by atoms with Gasteiger partial charge in [-0.15, -0.1) is 0 Å². The maximum absolute atomic E-state index is 11.8. The summed E-state index contributed by atoms with van der Waals surface area (Å²) in [6.45, 7) is 2.37. The van der Waals surface area contributed by atoms with Gasteiger partial charge in [0.1, 0.15) is 6.61 Å². The zero-order valence-corrected chi connectivity index (χ0v) is 21.7. The van der Waals surface area contributed by atoms with Gasteiger partial charge in [0.2, 0.25) is 0 Å². The number of hydrogen-bond acceptors (Lipinski definition) is 7. The molecule has 9 nitrogen and oxygen atoms in total. The van der Waals surface area contributed by atoms with Crippen LogP contribution in [-0.4, -0.2) is 52.3 Å². The second-order valence-electron chi connectivity index (χ2n) is 7.88. The molecule has 0 unspecified atom stereocenters. The van der Waals surface area contributed by atoms with Gasteiger partial charge in [-0.1, -0.05) is 68.4 Å². The Bertz CT molecular complexity index is 737. The van der Waals surface area contributed by atoms with Gasteiger partial charge < -0.3 is 24.4 Å². The van der Waals surface area contributed by atoms with Gasteiger partial charge in [-0.25, -0.2) is 4.57 Å². The average Bonchev–Trinajstić information content (AvgIpc) is 2.78. The summed E-state index contributed by atoms with van der Waals surface area (Å²) in [6.07, 6.45) is 21.3. The van der Waals surface area contributed by atoms with Crippen LogP contribution in [0, 0.1) is 0 Å². The number of carbonyl (C=O) groups excluding carboxylic acids is 2. The second-order valence-corrected chi connectivity index (χ2v) is 9.12. The van der Waals surface area contributed by atoms with Gasteiger partial charge in [-0.3, -0.25) is 14.1 Å². The molecule has 0 fully saturated rings. The Morgan fingerprint density at radius 3 is 2.34 bits per heavy atom. The van der Waals surface area contributed by atoms with E-state index in [0.29, 0.717) is 19.3 Å². The number of unbranched alkanes of at least 4 members (excludes halogenated alkanes) is 4. The molecule has 0 bridgehead atoms. The summed E-state index contributed by atoms with van der Waals surface area (Å²) in [5, 5.41) is 9.90. The molecule has 0 aromatic heterocycles. The highest BCUT2D eigenvalue weighted by Crippen LogP contribution is 2.35. The van der Waals surface area contributed by atoms with Gasteiger partial charge >= 0.3 is 19.8 Å². The maximum atomic E-state index is 11.8. The number of carbonyl (C=O) groups is 2. The SMILES string of the molecule is CCCCC/C=C\C=C/[C@@H](O)C/C=C\C/C=C/CCCC(=O)OC[C@H](COP(=O)(O)O)OC(C)=O. The van der Waals surface area contributed by atoms with E-state index in [1.54, 1.807) is 6.08 Å². The van der Waals surface area contributed by atoms with Gasteiger partial charge in [0, 0.05) is 13.3 Å². The summed E-state index contributed by atoms with van der Waals surface area (Å²) in [5.74, 6) is -1.19. The topological polar surface area (TPSA) is 140 Å². The largest absolute Gasteiger partial charge is 0.469 e. The Labute approximate surface area is 208 Å². The predicted octanol–water partition coefficient (Wildman–Crippen LogP) is 4.69. The third-order valence-electron chi connectivity index (χ3n) is 4.48. The molecular weight excluding hydrogens is 475 g/mol. The summed E-state index contributed by atoms with van der Waals surface area (Å²) in [6, 6.07) is 0. The molecule has 0 saturated carbocycles. The van der Waals surface area contributed by atoms with E-state index in [4.69, 9.17) is 19.3 Å². The highest BCUT2D eigenvalue weighted by atomic mass is 31.2. The number of phosphoric ester groups is 1. The predicted molar refractivity (Wildman–Crippen MR) is 134 cm³/mol. The van der Waals surface area contributed by atoms with Crippen molar-refractivity contribution in [3.63, 3.8) is 0 Å². The van der Waals surface area contributed by atoms with Gasteiger partial charge in [0.15, 0.2) is 6.10 Å². The number of rotatable bonds is 20. The van der Waals surface area contributed by atoms with Gasteiger partial charge in [0.05, 0.1) is 12.7 Å². The summed E-state index contributed by atoms with van der Waals surface area (Å²) in [4.78, 5) is 40.3. The molecular formula is C25H41O9P. The fourth-order valence-corrected chi connectivity index (χ4v) is 3.10. The Morgan fingerprint density at radius 1 is 0.943 bits per heavy atom. The lowest BCUT2D eigenvalue weighted by Gasteiger charge is -2.17. The quantitative estimate of drug-likeness (QED) is 0.0691. The van der Waals surface area contributed by atoms with E-state index in [0.717, 1.165) is 19.8 Å². The van der Waals surface area contributed by atoms with Gasteiger partial charge in [0.25, 0.3) is 0 Å². The maximum Gasteiger partial charge on any atom is 0.469 e. The number of aliphatic hydroxyl groups is 1. The minimum Gasteiger partial charge on any atom is -0.462 e. The van der Waals surface area contributed by atoms with Crippen molar-refractivity contribution in [3.05, 3.63) is 48.6 Å². The lowest BCUT2D eigenvalue weighted by molar-refractivity contribution is -0.159. The molecule has 0 saturated heterocycles. The lowest BCUT2D eigenvalue weighted by atomic mass is 10.2. The number of allylic oxidation sites excluding steroid dienone is 6. The van der Waals surface area contributed by atoms with E-state index in [9.17, 15) is 19.3 Å². The molecule has 0 radical (unpaired) electrons. The average molecular weight is 517 g/mol. The van der Waals surface area contributed by atoms with Crippen LogP contribution in [0.5, 0.6) is 0 Å². The zero-order chi connectivity index (χ0) is 26.4.